The summed E-state index contributed by atoms with van der Waals surface area (Å²) in [7, 11) is 0. The largest absolute Gasteiger partial charge is 0.465 e. The number of nitroso groups, excluding NO2 is 1. The van der Waals surface area contributed by atoms with Crippen molar-refractivity contribution >= 4 is 12.0 Å². The van der Waals surface area contributed by atoms with Gasteiger partial charge >= 0.3 is 5.97 Å². The van der Waals surface area contributed by atoms with E-state index in [1.165, 1.54) is 12.1 Å². The number of carbonyl (C=O) groups is 1. The molecule has 1 aromatic heterocycles. The lowest BCUT2D eigenvalue weighted by Crippen LogP contribution is -2.10. The van der Waals surface area contributed by atoms with Gasteiger partial charge < -0.3 is 9.47 Å². The Kier molecular flexibility index (Phi) is 8.67. The molecule has 3 rings (SSSR count). The fourth-order valence-electron chi connectivity index (χ4n) is 3.59. The minimum atomic E-state index is -0.465. The molecule has 0 aliphatic rings. The van der Waals surface area contributed by atoms with Gasteiger partial charge in [-0.05, 0) is 42.7 Å². The summed E-state index contributed by atoms with van der Waals surface area (Å²) in [5.74, 6) is -0.899. The highest BCUT2D eigenvalue weighted by Crippen LogP contribution is 2.28. The molecule has 8 heteroatoms. The molecule has 178 valence electrons. The number of unbranched alkanes of at least 4 members (excludes halogenated alkanes) is 1. The molecule has 0 bridgehead atoms. The second-order valence-electron chi connectivity index (χ2n) is 7.58. The lowest BCUT2D eigenvalue weighted by atomic mass is 9.98. The van der Waals surface area contributed by atoms with Crippen molar-refractivity contribution in [2.45, 2.75) is 39.8 Å². The first-order chi connectivity index (χ1) is 16.5. The van der Waals surface area contributed by atoms with Gasteiger partial charge in [0.2, 0.25) is 0 Å². The van der Waals surface area contributed by atoms with Crippen LogP contribution >= 0.6 is 0 Å². The first-order valence-electron chi connectivity index (χ1n) is 11.2. The van der Waals surface area contributed by atoms with E-state index in [2.05, 4.69) is 16.7 Å². The van der Waals surface area contributed by atoms with Gasteiger partial charge in [0.15, 0.2) is 0 Å². The lowest BCUT2D eigenvalue weighted by molar-refractivity contribution is 0.0500. The molecular weight excluding hydrogens is 437 g/mol. The van der Waals surface area contributed by atoms with Crippen molar-refractivity contribution in [2.24, 2.45) is 5.18 Å². The van der Waals surface area contributed by atoms with E-state index in [-0.39, 0.29) is 19.1 Å². The Labute approximate surface area is 198 Å². The molecule has 2 aromatic carbocycles. The molecule has 0 radical (unpaired) electrons. The van der Waals surface area contributed by atoms with Gasteiger partial charge in [-0.15, -0.1) is 0 Å². The van der Waals surface area contributed by atoms with E-state index in [4.69, 9.17) is 9.47 Å². The smallest absolute Gasteiger partial charge is 0.338 e. The van der Waals surface area contributed by atoms with Crippen molar-refractivity contribution in [1.29, 1.82) is 0 Å². The van der Waals surface area contributed by atoms with E-state index in [0.29, 0.717) is 46.9 Å². The van der Waals surface area contributed by atoms with Crippen LogP contribution in [0.5, 0.6) is 6.01 Å². The van der Waals surface area contributed by atoms with E-state index < -0.39 is 11.8 Å². The quantitative estimate of drug-likeness (QED) is 0.186. The fourth-order valence-corrected chi connectivity index (χ4v) is 3.59. The van der Waals surface area contributed by atoms with Crippen LogP contribution in [0.2, 0.25) is 0 Å². The Morgan fingerprint density at radius 3 is 2.71 bits per heavy atom. The summed E-state index contributed by atoms with van der Waals surface area (Å²) in [6.45, 7) is 8.19. The average Bonchev–Trinajstić information content (AvgIpc) is 3.17. The van der Waals surface area contributed by atoms with Crippen LogP contribution < -0.4 is 4.74 Å². The van der Waals surface area contributed by atoms with E-state index in [1.54, 1.807) is 41.0 Å². The SMILES string of the molecule is C=Cc1nc(OCC)n(Cc2ccc(-c3ccccc3C(=O)OCCCC)cc2F)c1CN=O. The molecule has 34 heavy (non-hydrogen) atoms. The monoisotopic (exact) mass is 465 g/mol. The highest BCUT2D eigenvalue weighted by atomic mass is 19.1. The number of aromatic nitrogens is 2. The number of rotatable bonds is 12. The van der Waals surface area contributed by atoms with Crippen LogP contribution in [-0.4, -0.2) is 28.7 Å². The van der Waals surface area contributed by atoms with Crippen molar-refractivity contribution in [3.8, 4) is 17.1 Å². The van der Waals surface area contributed by atoms with E-state index in [9.17, 15) is 9.70 Å². The molecular formula is C26H28FN3O4. The maximum atomic E-state index is 15.2. The van der Waals surface area contributed by atoms with Crippen molar-refractivity contribution in [3.63, 3.8) is 0 Å². The first kappa shape index (κ1) is 24.8. The van der Waals surface area contributed by atoms with Crippen molar-refractivity contribution in [2.75, 3.05) is 13.2 Å². The third-order valence-electron chi connectivity index (χ3n) is 5.32. The normalized spacial score (nSPS) is 10.7. The Hall–Kier alpha value is -3.81. The zero-order valence-electron chi connectivity index (χ0n) is 19.4. The average molecular weight is 466 g/mol. The summed E-state index contributed by atoms with van der Waals surface area (Å²) >= 11 is 0. The van der Waals surface area contributed by atoms with Gasteiger partial charge in [0.05, 0.1) is 36.7 Å². The first-order valence-corrected chi connectivity index (χ1v) is 11.2. The summed E-state index contributed by atoms with van der Waals surface area (Å²) in [5.41, 5.74) is 2.86. The highest BCUT2D eigenvalue weighted by molar-refractivity contribution is 5.97. The number of halogens is 1. The molecule has 0 unspecified atom stereocenters. The summed E-state index contributed by atoms with van der Waals surface area (Å²) in [4.78, 5) is 27.9. The number of hydrogen-bond acceptors (Lipinski definition) is 6. The van der Waals surface area contributed by atoms with Crippen molar-refractivity contribution < 1.29 is 18.7 Å². The van der Waals surface area contributed by atoms with Gasteiger partial charge in [0, 0.05) is 5.56 Å². The summed E-state index contributed by atoms with van der Waals surface area (Å²) < 4.78 is 27.8. The lowest BCUT2D eigenvalue weighted by Gasteiger charge is -2.13. The number of benzene rings is 2. The van der Waals surface area contributed by atoms with Gasteiger partial charge in [-0.25, -0.2) is 9.18 Å². The van der Waals surface area contributed by atoms with Crippen molar-refractivity contribution in [1.82, 2.24) is 9.55 Å². The third kappa shape index (κ3) is 5.57. The molecule has 0 N–H and O–H groups in total. The van der Waals surface area contributed by atoms with Crippen LogP contribution in [0.4, 0.5) is 4.39 Å². The van der Waals surface area contributed by atoms with Gasteiger partial charge in [-0.1, -0.05) is 55.4 Å². The van der Waals surface area contributed by atoms with Crippen LogP contribution in [-0.2, 0) is 17.8 Å². The van der Waals surface area contributed by atoms with Crippen LogP contribution in [0.3, 0.4) is 0 Å². The highest BCUT2D eigenvalue weighted by Gasteiger charge is 2.19. The van der Waals surface area contributed by atoms with Gasteiger partial charge in [-0.2, -0.15) is 9.89 Å². The van der Waals surface area contributed by atoms with Gasteiger partial charge in [0.25, 0.3) is 6.01 Å². The van der Waals surface area contributed by atoms with Crippen LogP contribution in [0.15, 0.2) is 54.2 Å². The molecule has 0 aliphatic heterocycles. The predicted molar refractivity (Wildman–Crippen MR) is 129 cm³/mol. The maximum Gasteiger partial charge on any atom is 0.338 e. The topological polar surface area (TPSA) is 82.8 Å². The number of esters is 1. The molecule has 0 spiro atoms. The maximum absolute atomic E-state index is 15.2. The van der Waals surface area contributed by atoms with E-state index in [0.717, 1.165) is 12.8 Å². The molecule has 0 atom stereocenters. The van der Waals surface area contributed by atoms with Crippen molar-refractivity contribution in [3.05, 3.63) is 82.3 Å². The van der Waals surface area contributed by atoms with E-state index in [1.807, 2.05) is 13.8 Å². The Morgan fingerprint density at radius 2 is 2.03 bits per heavy atom. The minimum Gasteiger partial charge on any atom is -0.465 e. The standard InChI is InChI=1S/C26H28FN3O4/c1-4-7-14-34-25(31)21-11-9-8-10-20(21)18-12-13-19(22(27)15-18)17-30-24(16-28-32)23(5-2)29-26(30)33-6-3/h5,8-13,15H,2,4,6-7,14,16-17H2,1,3H3. The second-order valence-corrected chi connectivity index (χ2v) is 7.58. The number of hydrogen-bond donors (Lipinski definition) is 0. The predicted octanol–water partition coefficient (Wildman–Crippen LogP) is 6.00. The number of ether oxygens (including phenoxy) is 2. The number of nitrogens with zero attached hydrogens (tertiary/aromatic N) is 3. The molecule has 0 saturated heterocycles. The van der Waals surface area contributed by atoms with Crippen LogP contribution in [0.25, 0.3) is 17.2 Å². The number of imidazole rings is 1. The van der Waals surface area contributed by atoms with Gasteiger partial charge in [-0.3, -0.25) is 4.57 Å². The minimum absolute atomic E-state index is 0.0911. The Balaban J connectivity index is 1.94. The third-order valence-corrected chi connectivity index (χ3v) is 5.32. The zero-order valence-corrected chi connectivity index (χ0v) is 19.4. The van der Waals surface area contributed by atoms with Crippen LogP contribution in [0, 0.1) is 10.7 Å². The Morgan fingerprint density at radius 1 is 1.24 bits per heavy atom. The molecule has 1 heterocycles. The molecule has 0 aliphatic carbocycles. The zero-order chi connectivity index (χ0) is 24.5. The van der Waals surface area contributed by atoms with Crippen LogP contribution in [0.1, 0.15) is 54.0 Å². The molecule has 0 amide bonds. The molecule has 0 fully saturated rings. The summed E-state index contributed by atoms with van der Waals surface area (Å²) in [5, 5.41) is 2.97. The fraction of sp³-hybridized carbons (Fsp3) is 0.308. The second kappa shape index (κ2) is 11.9. The summed E-state index contributed by atoms with van der Waals surface area (Å²) in [6.07, 6.45) is 3.21. The van der Waals surface area contributed by atoms with Gasteiger partial charge in [0.1, 0.15) is 12.4 Å². The molecule has 3 aromatic rings. The molecule has 0 saturated carbocycles. The summed E-state index contributed by atoms with van der Waals surface area (Å²) in [6, 6.07) is 12.0. The number of carbonyl (C=O) groups excluding carboxylic acids is 1. The molecule has 7 nitrogen and oxygen atoms in total. The van der Waals surface area contributed by atoms with E-state index >= 15 is 4.39 Å². The Bertz CT molecular complexity index is 1170.